The highest BCUT2D eigenvalue weighted by molar-refractivity contribution is 6.03. The molecular weight excluding hydrogens is 284 g/mol. The molecule has 0 aromatic rings. The lowest BCUT2D eigenvalue weighted by molar-refractivity contribution is -0.148. The minimum atomic E-state index is -1.05. The fourth-order valence-electron chi connectivity index (χ4n) is 2.09. The number of ketones is 1. The molecule has 5 heteroatoms. The Morgan fingerprint density at radius 1 is 1.36 bits per heavy atom. The first-order valence-corrected chi connectivity index (χ1v) is 7.15. The van der Waals surface area contributed by atoms with Gasteiger partial charge in [0.05, 0.1) is 0 Å². The summed E-state index contributed by atoms with van der Waals surface area (Å²) in [5, 5.41) is 9.31. The number of carbonyl (C=O) groups excluding carboxylic acids is 2. The summed E-state index contributed by atoms with van der Waals surface area (Å²) in [5.74, 6) is -1.68. The Kier molecular flexibility index (Phi) is 5.85. The average molecular weight is 306 g/mol. The Morgan fingerprint density at radius 2 is 2.00 bits per heavy atom. The highest BCUT2D eigenvalue weighted by Crippen LogP contribution is 2.29. The summed E-state index contributed by atoms with van der Waals surface area (Å²) in [6.45, 7) is 6.55. The molecule has 1 rings (SSSR count). The van der Waals surface area contributed by atoms with Gasteiger partial charge in [-0.1, -0.05) is 26.0 Å². The number of carbonyl (C=O) groups is 3. The molecule has 1 unspecified atom stereocenters. The molecule has 1 atom stereocenters. The molecule has 1 aliphatic carbocycles. The predicted molar refractivity (Wildman–Crippen MR) is 82.2 cm³/mol. The molecule has 0 fully saturated rings. The van der Waals surface area contributed by atoms with Crippen molar-refractivity contribution in [2.24, 2.45) is 5.41 Å². The van der Waals surface area contributed by atoms with Gasteiger partial charge >= 0.3 is 11.9 Å². The van der Waals surface area contributed by atoms with Crippen molar-refractivity contribution in [2.45, 2.75) is 46.6 Å². The standard InChI is InChI=1S/C17H22O5/c1-11-6-5-7-13(16(20)21)10-15(22-12(2)18)17(3,4)9-8-14(11)19/h6,8-10,15H,5,7H2,1-4H3,(H,20,21)/b9-8-,11-6-,13-10+. The fourth-order valence-corrected chi connectivity index (χ4v) is 2.09. The summed E-state index contributed by atoms with van der Waals surface area (Å²) in [7, 11) is 0. The van der Waals surface area contributed by atoms with Crippen molar-refractivity contribution in [3.63, 3.8) is 0 Å². The molecule has 0 bridgehead atoms. The van der Waals surface area contributed by atoms with Crippen molar-refractivity contribution in [3.05, 3.63) is 35.5 Å². The number of aliphatic carboxylic acids is 1. The normalized spacial score (nSPS) is 28.4. The molecule has 0 aliphatic heterocycles. The second-order valence-electron chi connectivity index (χ2n) is 5.97. The van der Waals surface area contributed by atoms with E-state index in [0.29, 0.717) is 12.0 Å². The first kappa shape index (κ1) is 17.9. The predicted octanol–water partition coefficient (Wildman–Crippen LogP) is 2.82. The number of carboxylic acid groups (broad SMARTS) is 1. The van der Waals surface area contributed by atoms with Crippen LogP contribution in [0.4, 0.5) is 0 Å². The maximum Gasteiger partial charge on any atom is 0.331 e. The maximum absolute atomic E-state index is 12.0. The zero-order valence-electron chi connectivity index (χ0n) is 13.4. The van der Waals surface area contributed by atoms with Crippen molar-refractivity contribution < 1.29 is 24.2 Å². The van der Waals surface area contributed by atoms with E-state index in [0.717, 1.165) is 0 Å². The smallest absolute Gasteiger partial charge is 0.331 e. The van der Waals surface area contributed by atoms with Crippen molar-refractivity contribution in [1.82, 2.24) is 0 Å². The van der Waals surface area contributed by atoms with Crippen molar-refractivity contribution in [1.29, 1.82) is 0 Å². The van der Waals surface area contributed by atoms with E-state index in [1.54, 1.807) is 32.9 Å². The lowest BCUT2D eigenvalue weighted by Crippen LogP contribution is -2.31. The minimum Gasteiger partial charge on any atom is -0.478 e. The molecular formula is C17H22O5. The molecule has 0 amide bonds. The summed E-state index contributed by atoms with van der Waals surface area (Å²) in [6.07, 6.45) is 6.25. The number of hydrogen-bond donors (Lipinski definition) is 1. The van der Waals surface area contributed by atoms with Gasteiger partial charge < -0.3 is 9.84 Å². The highest BCUT2D eigenvalue weighted by Gasteiger charge is 2.30. The number of esters is 1. The molecule has 0 spiro atoms. The Morgan fingerprint density at radius 3 is 2.55 bits per heavy atom. The number of ether oxygens (including phenoxy) is 1. The summed E-state index contributed by atoms with van der Waals surface area (Å²) >= 11 is 0. The van der Waals surface area contributed by atoms with Gasteiger partial charge in [0.1, 0.15) is 6.10 Å². The number of rotatable bonds is 2. The van der Waals surface area contributed by atoms with Gasteiger partial charge in [0.15, 0.2) is 5.78 Å². The molecule has 1 aliphatic rings. The van der Waals surface area contributed by atoms with Crippen LogP contribution in [-0.4, -0.2) is 28.9 Å². The van der Waals surface area contributed by atoms with Crippen LogP contribution in [0.25, 0.3) is 0 Å². The van der Waals surface area contributed by atoms with Gasteiger partial charge in [-0.15, -0.1) is 0 Å². The lowest BCUT2D eigenvalue weighted by Gasteiger charge is -2.29. The highest BCUT2D eigenvalue weighted by atomic mass is 16.5. The third-order valence-electron chi connectivity index (χ3n) is 3.57. The van der Waals surface area contributed by atoms with E-state index in [2.05, 4.69) is 0 Å². The largest absolute Gasteiger partial charge is 0.478 e. The zero-order chi connectivity index (χ0) is 16.9. The van der Waals surface area contributed by atoms with Crippen molar-refractivity contribution >= 4 is 17.7 Å². The van der Waals surface area contributed by atoms with E-state index < -0.39 is 23.5 Å². The number of carboxylic acids is 1. The van der Waals surface area contributed by atoms with Crippen LogP contribution in [-0.2, 0) is 19.1 Å². The van der Waals surface area contributed by atoms with Crippen LogP contribution >= 0.6 is 0 Å². The van der Waals surface area contributed by atoms with Crippen molar-refractivity contribution in [2.75, 3.05) is 0 Å². The van der Waals surface area contributed by atoms with Crippen LogP contribution in [0.15, 0.2) is 35.5 Å². The molecule has 0 aromatic carbocycles. The summed E-state index contributed by atoms with van der Waals surface area (Å²) in [4.78, 5) is 34.7. The molecule has 22 heavy (non-hydrogen) atoms. The fraction of sp³-hybridized carbons (Fsp3) is 0.471. The molecule has 0 saturated heterocycles. The molecule has 0 heterocycles. The van der Waals surface area contributed by atoms with Crippen LogP contribution in [0.3, 0.4) is 0 Å². The van der Waals surface area contributed by atoms with E-state index in [9.17, 15) is 19.5 Å². The van der Waals surface area contributed by atoms with E-state index in [1.165, 1.54) is 19.1 Å². The molecule has 0 saturated carbocycles. The van der Waals surface area contributed by atoms with Gasteiger partial charge in [-0.2, -0.15) is 0 Å². The van der Waals surface area contributed by atoms with E-state index >= 15 is 0 Å². The topological polar surface area (TPSA) is 80.7 Å². The Balaban J connectivity index is 3.33. The first-order chi connectivity index (χ1) is 10.1. The summed E-state index contributed by atoms with van der Waals surface area (Å²) in [6, 6.07) is 0. The van der Waals surface area contributed by atoms with Crippen LogP contribution in [0.5, 0.6) is 0 Å². The Hall–Kier alpha value is -2.17. The number of hydrogen-bond acceptors (Lipinski definition) is 4. The monoisotopic (exact) mass is 306 g/mol. The summed E-state index contributed by atoms with van der Waals surface area (Å²) in [5.41, 5.74) is 0.0426. The lowest BCUT2D eigenvalue weighted by atomic mass is 9.84. The van der Waals surface area contributed by atoms with Gasteiger partial charge in [-0.25, -0.2) is 4.79 Å². The molecule has 5 nitrogen and oxygen atoms in total. The number of allylic oxidation sites excluding steroid dienone is 3. The SMILES string of the molecule is CC(=O)OC1/C=C(/C(=O)O)CC/C=C(/C)C(=O)/C=C\C1(C)C. The Bertz CT molecular complexity index is 564. The third kappa shape index (κ3) is 4.98. The van der Waals surface area contributed by atoms with Crippen LogP contribution in [0, 0.1) is 5.41 Å². The quantitative estimate of drug-likeness (QED) is 0.793. The van der Waals surface area contributed by atoms with Gasteiger partial charge in [0.25, 0.3) is 0 Å². The second-order valence-corrected chi connectivity index (χ2v) is 5.97. The summed E-state index contributed by atoms with van der Waals surface area (Å²) < 4.78 is 5.26. The molecule has 0 aromatic heterocycles. The van der Waals surface area contributed by atoms with E-state index in [-0.39, 0.29) is 17.8 Å². The molecule has 1 N–H and O–H groups in total. The van der Waals surface area contributed by atoms with Gasteiger partial charge in [-0.05, 0) is 37.5 Å². The third-order valence-corrected chi connectivity index (χ3v) is 3.57. The van der Waals surface area contributed by atoms with Crippen LogP contribution in [0.1, 0.15) is 40.5 Å². The van der Waals surface area contributed by atoms with Crippen LogP contribution in [0.2, 0.25) is 0 Å². The van der Waals surface area contributed by atoms with E-state index in [4.69, 9.17) is 4.74 Å². The minimum absolute atomic E-state index is 0.131. The second kappa shape index (κ2) is 7.20. The van der Waals surface area contributed by atoms with Gasteiger partial charge in [-0.3, -0.25) is 9.59 Å². The maximum atomic E-state index is 12.0. The Labute approximate surface area is 130 Å². The first-order valence-electron chi connectivity index (χ1n) is 7.15. The molecule has 120 valence electrons. The van der Waals surface area contributed by atoms with Crippen LogP contribution < -0.4 is 0 Å². The average Bonchev–Trinajstić information content (AvgIpc) is 2.42. The van der Waals surface area contributed by atoms with Gasteiger partial charge in [0, 0.05) is 17.9 Å². The van der Waals surface area contributed by atoms with Gasteiger partial charge in [0.2, 0.25) is 0 Å². The molecule has 0 radical (unpaired) electrons. The zero-order valence-corrected chi connectivity index (χ0v) is 13.4. The van der Waals surface area contributed by atoms with E-state index in [1.807, 2.05) is 0 Å². The van der Waals surface area contributed by atoms with Crippen molar-refractivity contribution in [3.8, 4) is 0 Å².